The van der Waals surface area contributed by atoms with E-state index in [1.54, 1.807) is 0 Å². The third-order valence-electron chi connectivity index (χ3n) is 1.38. The standard InChI is InChI=1S/C8H11NO2/c1-7-5-3-4-6-8(7)9-11-10-2/h3-6,9H,1-2H3. The highest BCUT2D eigenvalue weighted by Crippen LogP contribution is 2.12. The number of aryl methyl sites for hydroxylation is 1. The summed E-state index contributed by atoms with van der Waals surface area (Å²) in [5.41, 5.74) is 4.67. The zero-order chi connectivity index (χ0) is 8.10. The maximum atomic E-state index is 4.55. The van der Waals surface area contributed by atoms with Crippen LogP contribution in [0, 0.1) is 6.92 Å². The summed E-state index contributed by atoms with van der Waals surface area (Å²) < 4.78 is 0. The van der Waals surface area contributed by atoms with Gasteiger partial charge >= 0.3 is 0 Å². The van der Waals surface area contributed by atoms with Crippen molar-refractivity contribution in [2.75, 3.05) is 12.6 Å². The highest BCUT2D eigenvalue weighted by Gasteiger charge is 1.93. The van der Waals surface area contributed by atoms with Gasteiger partial charge in [0.2, 0.25) is 0 Å². The number of hydrogen-bond donors (Lipinski definition) is 1. The van der Waals surface area contributed by atoms with E-state index in [-0.39, 0.29) is 0 Å². The van der Waals surface area contributed by atoms with E-state index < -0.39 is 0 Å². The summed E-state index contributed by atoms with van der Waals surface area (Å²) in [5, 5.41) is 0. The molecule has 3 heteroatoms. The van der Waals surface area contributed by atoms with Gasteiger partial charge in [-0.05, 0) is 18.6 Å². The van der Waals surface area contributed by atoms with Crippen LogP contribution in [0.5, 0.6) is 0 Å². The van der Waals surface area contributed by atoms with Crippen LogP contribution in [0.2, 0.25) is 0 Å². The normalized spacial score (nSPS) is 9.64. The van der Waals surface area contributed by atoms with E-state index in [1.165, 1.54) is 7.11 Å². The Morgan fingerprint density at radius 2 is 2.00 bits per heavy atom. The fraction of sp³-hybridized carbons (Fsp3) is 0.250. The van der Waals surface area contributed by atoms with Gasteiger partial charge in [0.25, 0.3) is 0 Å². The van der Waals surface area contributed by atoms with Crippen molar-refractivity contribution in [2.45, 2.75) is 6.92 Å². The van der Waals surface area contributed by atoms with Gasteiger partial charge in [-0.15, -0.1) is 4.99 Å². The number of hydrogen-bond acceptors (Lipinski definition) is 3. The molecular formula is C8H11NO2. The zero-order valence-corrected chi connectivity index (χ0v) is 6.63. The molecule has 0 fully saturated rings. The maximum absolute atomic E-state index is 4.55. The first-order valence-corrected chi connectivity index (χ1v) is 3.36. The fourth-order valence-electron chi connectivity index (χ4n) is 0.774. The van der Waals surface area contributed by atoms with E-state index >= 15 is 0 Å². The third-order valence-corrected chi connectivity index (χ3v) is 1.38. The summed E-state index contributed by atoms with van der Waals surface area (Å²) in [6, 6.07) is 7.79. The van der Waals surface area contributed by atoms with Gasteiger partial charge in [-0.1, -0.05) is 18.2 Å². The number of rotatable bonds is 3. The molecule has 0 aliphatic heterocycles. The molecule has 0 aliphatic rings. The van der Waals surface area contributed by atoms with Crippen LogP contribution in [-0.2, 0) is 9.88 Å². The zero-order valence-electron chi connectivity index (χ0n) is 6.63. The van der Waals surface area contributed by atoms with Gasteiger partial charge in [0.15, 0.2) is 0 Å². The molecule has 3 nitrogen and oxygen atoms in total. The van der Waals surface area contributed by atoms with Crippen LogP contribution in [0.25, 0.3) is 0 Å². The van der Waals surface area contributed by atoms with Crippen molar-refractivity contribution in [1.29, 1.82) is 0 Å². The molecule has 0 heterocycles. The predicted molar refractivity (Wildman–Crippen MR) is 42.9 cm³/mol. The van der Waals surface area contributed by atoms with Gasteiger partial charge < -0.3 is 0 Å². The smallest absolute Gasteiger partial charge is 0.0738 e. The van der Waals surface area contributed by atoms with E-state index in [0.29, 0.717) is 0 Å². The van der Waals surface area contributed by atoms with Crippen molar-refractivity contribution in [3.8, 4) is 0 Å². The highest BCUT2D eigenvalue weighted by molar-refractivity contribution is 5.48. The average molecular weight is 153 g/mol. The lowest BCUT2D eigenvalue weighted by Gasteiger charge is -2.05. The summed E-state index contributed by atoms with van der Waals surface area (Å²) >= 11 is 0. The highest BCUT2D eigenvalue weighted by atomic mass is 17.3. The number of anilines is 1. The summed E-state index contributed by atoms with van der Waals surface area (Å²) in [7, 11) is 1.45. The molecule has 0 amide bonds. The van der Waals surface area contributed by atoms with Crippen LogP contribution in [0.3, 0.4) is 0 Å². The van der Waals surface area contributed by atoms with Crippen molar-refractivity contribution < 1.29 is 9.88 Å². The quantitative estimate of drug-likeness (QED) is 0.531. The Morgan fingerprint density at radius 3 is 2.64 bits per heavy atom. The molecule has 0 saturated heterocycles. The van der Waals surface area contributed by atoms with E-state index in [9.17, 15) is 0 Å². The molecule has 0 radical (unpaired) electrons. The molecule has 0 aromatic heterocycles. The minimum atomic E-state index is 0.911. The van der Waals surface area contributed by atoms with Crippen LogP contribution in [0.15, 0.2) is 24.3 Å². The summed E-state index contributed by atoms with van der Waals surface area (Å²) in [6.45, 7) is 1.99. The molecule has 0 aliphatic carbocycles. The second-order valence-electron chi connectivity index (χ2n) is 2.17. The number of para-hydroxylation sites is 1. The van der Waals surface area contributed by atoms with Gasteiger partial charge in [0, 0.05) is 0 Å². The third kappa shape index (κ3) is 2.22. The lowest BCUT2D eigenvalue weighted by Crippen LogP contribution is -2.00. The summed E-state index contributed by atoms with van der Waals surface area (Å²) in [6.07, 6.45) is 0. The molecule has 1 aromatic carbocycles. The summed E-state index contributed by atoms with van der Waals surface area (Å²) in [4.78, 5) is 8.94. The van der Waals surface area contributed by atoms with E-state index in [2.05, 4.69) is 15.4 Å². The summed E-state index contributed by atoms with van der Waals surface area (Å²) in [5.74, 6) is 0. The van der Waals surface area contributed by atoms with Crippen molar-refractivity contribution >= 4 is 5.69 Å². The molecule has 11 heavy (non-hydrogen) atoms. The minimum Gasteiger partial charge on any atom is -0.235 e. The van der Waals surface area contributed by atoms with Crippen molar-refractivity contribution in [3.05, 3.63) is 29.8 Å². The predicted octanol–water partition coefficient (Wildman–Crippen LogP) is 1.90. The SMILES string of the molecule is COONc1ccccc1C. The van der Waals surface area contributed by atoms with E-state index in [1.807, 2.05) is 31.2 Å². The lowest BCUT2D eigenvalue weighted by molar-refractivity contribution is -0.248. The Bertz CT molecular complexity index is 225. The van der Waals surface area contributed by atoms with Crippen LogP contribution >= 0.6 is 0 Å². The largest absolute Gasteiger partial charge is 0.235 e. The van der Waals surface area contributed by atoms with Gasteiger partial charge in [0.05, 0.1) is 12.8 Å². The minimum absolute atomic E-state index is 0.911. The average Bonchev–Trinajstić information content (AvgIpc) is 2.03. The molecule has 0 bridgehead atoms. The van der Waals surface area contributed by atoms with E-state index in [0.717, 1.165) is 11.3 Å². The van der Waals surface area contributed by atoms with E-state index in [4.69, 9.17) is 0 Å². The van der Waals surface area contributed by atoms with Crippen LogP contribution in [0.4, 0.5) is 5.69 Å². The Labute approximate surface area is 65.8 Å². The molecule has 0 unspecified atom stereocenters. The Hall–Kier alpha value is -1.06. The molecule has 0 spiro atoms. The molecule has 0 atom stereocenters. The second kappa shape index (κ2) is 3.95. The number of benzene rings is 1. The maximum Gasteiger partial charge on any atom is 0.0738 e. The lowest BCUT2D eigenvalue weighted by atomic mass is 10.2. The molecule has 0 saturated carbocycles. The van der Waals surface area contributed by atoms with Gasteiger partial charge in [-0.25, -0.2) is 10.4 Å². The molecular weight excluding hydrogens is 142 g/mol. The topological polar surface area (TPSA) is 30.5 Å². The first kappa shape index (κ1) is 8.04. The van der Waals surface area contributed by atoms with Crippen molar-refractivity contribution in [3.63, 3.8) is 0 Å². The number of nitrogens with one attached hydrogen (secondary N) is 1. The molecule has 1 N–H and O–H groups in total. The Balaban J connectivity index is 2.62. The van der Waals surface area contributed by atoms with Crippen molar-refractivity contribution in [2.24, 2.45) is 0 Å². The Morgan fingerprint density at radius 1 is 1.27 bits per heavy atom. The monoisotopic (exact) mass is 153 g/mol. The molecule has 1 rings (SSSR count). The molecule has 1 aromatic rings. The van der Waals surface area contributed by atoms with Crippen LogP contribution in [0.1, 0.15) is 5.56 Å². The second-order valence-corrected chi connectivity index (χ2v) is 2.17. The Kier molecular flexibility index (Phi) is 2.89. The first-order chi connectivity index (χ1) is 5.34. The first-order valence-electron chi connectivity index (χ1n) is 3.36. The van der Waals surface area contributed by atoms with Crippen molar-refractivity contribution in [1.82, 2.24) is 0 Å². The fourth-order valence-corrected chi connectivity index (χ4v) is 0.774. The van der Waals surface area contributed by atoms with Crippen LogP contribution < -0.4 is 5.48 Å². The van der Waals surface area contributed by atoms with Gasteiger partial charge in [-0.3, -0.25) is 0 Å². The molecule has 60 valence electrons. The van der Waals surface area contributed by atoms with Gasteiger partial charge in [0.1, 0.15) is 0 Å². The van der Waals surface area contributed by atoms with Gasteiger partial charge in [-0.2, -0.15) is 0 Å². The van der Waals surface area contributed by atoms with Crippen LogP contribution in [-0.4, -0.2) is 7.11 Å².